The SMILES string of the molecule is Cc1ccc(-c2ncn[nH]2)cc1Nc1nc(N[C@@H]2CCNC2)nc(N(C)CC(C)(C)C)n1. The van der Waals surface area contributed by atoms with Gasteiger partial charge in [0.25, 0.3) is 0 Å². The molecule has 170 valence electrons. The highest BCUT2D eigenvalue weighted by Crippen LogP contribution is 2.26. The lowest BCUT2D eigenvalue weighted by Crippen LogP contribution is -2.31. The molecule has 32 heavy (non-hydrogen) atoms. The number of aromatic nitrogens is 6. The summed E-state index contributed by atoms with van der Waals surface area (Å²) in [5.41, 5.74) is 3.03. The van der Waals surface area contributed by atoms with Crippen LogP contribution in [0.2, 0.25) is 0 Å². The van der Waals surface area contributed by atoms with Crippen LogP contribution in [0.3, 0.4) is 0 Å². The zero-order valence-corrected chi connectivity index (χ0v) is 19.4. The second-order valence-electron chi connectivity index (χ2n) is 9.52. The Bertz CT molecular complexity index is 1040. The van der Waals surface area contributed by atoms with Crippen LogP contribution in [0.5, 0.6) is 0 Å². The molecule has 2 aromatic heterocycles. The predicted octanol–water partition coefficient (Wildman–Crippen LogP) is 2.96. The molecule has 1 saturated heterocycles. The molecule has 1 aromatic carbocycles. The van der Waals surface area contributed by atoms with Crippen molar-refractivity contribution in [2.75, 3.05) is 42.2 Å². The van der Waals surface area contributed by atoms with E-state index in [9.17, 15) is 0 Å². The van der Waals surface area contributed by atoms with Crippen molar-refractivity contribution in [2.45, 2.75) is 40.2 Å². The van der Waals surface area contributed by atoms with Crippen molar-refractivity contribution < 1.29 is 0 Å². The Morgan fingerprint density at radius 1 is 1.16 bits per heavy atom. The molecular weight excluding hydrogens is 404 g/mol. The minimum Gasteiger partial charge on any atom is -0.350 e. The summed E-state index contributed by atoms with van der Waals surface area (Å²) in [4.78, 5) is 20.4. The van der Waals surface area contributed by atoms with Gasteiger partial charge in [0, 0.05) is 37.4 Å². The Balaban J connectivity index is 1.64. The van der Waals surface area contributed by atoms with Crippen molar-refractivity contribution in [3.63, 3.8) is 0 Å². The number of benzene rings is 1. The molecule has 0 spiro atoms. The topological polar surface area (TPSA) is 120 Å². The fourth-order valence-corrected chi connectivity index (χ4v) is 3.77. The number of aromatic amines is 1. The quantitative estimate of drug-likeness (QED) is 0.443. The maximum Gasteiger partial charge on any atom is 0.233 e. The molecule has 1 atom stereocenters. The molecule has 0 aliphatic carbocycles. The summed E-state index contributed by atoms with van der Waals surface area (Å²) in [7, 11) is 2.01. The summed E-state index contributed by atoms with van der Waals surface area (Å²) in [6.45, 7) is 11.4. The van der Waals surface area contributed by atoms with E-state index in [4.69, 9.17) is 9.97 Å². The summed E-state index contributed by atoms with van der Waals surface area (Å²) in [6, 6.07) is 6.38. The Kier molecular flexibility index (Phi) is 6.22. The van der Waals surface area contributed by atoms with Crippen LogP contribution in [0, 0.1) is 12.3 Å². The molecule has 1 aliphatic heterocycles. The van der Waals surface area contributed by atoms with Gasteiger partial charge < -0.3 is 20.9 Å². The number of rotatable bonds is 7. The van der Waals surface area contributed by atoms with Gasteiger partial charge in [0.05, 0.1) is 0 Å². The summed E-state index contributed by atoms with van der Waals surface area (Å²) >= 11 is 0. The molecule has 4 N–H and O–H groups in total. The fourth-order valence-electron chi connectivity index (χ4n) is 3.77. The van der Waals surface area contributed by atoms with Crippen LogP contribution >= 0.6 is 0 Å². The number of anilines is 4. The van der Waals surface area contributed by atoms with Gasteiger partial charge in [-0.2, -0.15) is 20.1 Å². The molecule has 3 heterocycles. The Hall–Kier alpha value is -3.27. The van der Waals surface area contributed by atoms with Crippen LogP contribution in [0.15, 0.2) is 24.5 Å². The minimum atomic E-state index is 0.111. The monoisotopic (exact) mass is 436 g/mol. The van der Waals surface area contributed by atoms with E-state index in [1.807, 2.05) is 32.2 Å². The summed E-state index contributed by atoms with van der Waals surface area (Å²) in [5, 5.41) is 17.1. The average molecular weight is 437 g/mol. The van der Waals surface area contributed by atoms with E-state index in [1.54, 1.807) is 0 Å². The Morgan fingerprint density at radius 3 is 2.66 bits per heavy atom. The van der Waals surface area contributed by atoms with Crippen molar-refractivity contribution in [1.82, 2.24) is 35.5 Å². The van der Waals surface area contributed by atoms with Gasteiger partial charge in [-0.05, 0) is 36.9 Å². The lowest BCUT2D eigenvalue weighted by atomic mass is 9.96. The molecule has 0 bridgehead atoms. The molecule has 10 heteroatoms. The Morgan fingerprint density at radius 2 is 1.97 bits per heavy atom. The van der Waals surface area contributed by atoms with E-state index in [1.165, 1.54) is 6.33 Å². The number of hydrogen-bond acceptors (Lipinski definition) is 9. The Labute approximate surface area is 188 Å². The molecule has 1 fully saturated rings. The van der Waals surface area contributed by atoms with Crippen LogP contribution in [-0.4, -0.2) is 62.9 Å². The third-order valence-electron chi connectivity index (χ3n) is 5.24. The van der Waals surface area contributed by atoms with E-state index in [0.717, 1.165) is 42.9 Å². The second-order valence-corrected chi connectivity index (χ2v) is 9.52. The van der Waals surface area contributed by atoms with E-state index in [0.29, 0.717) is 29.7 Å². The third-order valence-corrected chi connectivity index (χ3v) is 5.24. The number of aryl methyl sites for hydroxylation is 1. The normalized spacial score (nSPS) is 16.2. The number of nitrogens with zero attached hydrogens (tertiary/aromatic N) is 6. The average Bonchev–Trinajstić information content (AvgIpc) is 3.42. The van der Waals surface area contributed by atoms with E-state index in [2.05, 4.69) is 61.8 Å². The van der Waals surface area contributed by atoms with Crippen molar-refractivity contribution >= 4 is 23.5 Å². The molecule has 4 rings (SSSR count). The first kappa shape index (κ1) is 21.9. The lowest BCUT2D eigenvalue weighted by Gasteiger charge is -2.27. The van der Waals surface area contributed by atoms with Crippen LogP contribution in [0.4, 0.5) is 23.5 Å². The second kappa shape index (κ2) is 9.07. The highest BCUT2D eigenvalue weighted by Gasteiger charge is 2.20. The lowest BCUT2D eigenvalue weighted by molar-refractivity contribution is 0.416. The molecular formula is C22H32N10. The van der Waals surface area contributed by atoms with Crippen LogP contribution in [-0.2, 0) is 0 Å². The third kappa shape index (κ3) is 5.50. The zero-order valence-electron chi connectivity index (χ0n) is 19.4. The summed E-state index contributed by atoms with van der Waals surface area (Å²) in [5.74, 6) is 2.43. The largest absolute Gasteiger partial charge is 0.350 e. The first-order valence-corrected chi connectivity index (χ1v) is 10.9. The van der Waals surface area contributed by atoms with Crippen LogP contribution < -0.4 is 20.9 Å². The standard InChI is InChI=1S/C22H32N10/c1-14-6-7-15(18-24-13-25-31-18)10-17(14)27-20-28-19(26-16-8-9-23-11-16)29-21(30-20)32(5)12-22(2,3)4/h6-7,10,13,16,23H,8-9,11-12H2,1-5H3,(H,24,25,31)(H2,26,27,28,29,30)/t16-/m1/s1. The first-order valence-electron chi connectivity index (χ1n) is 10.9. The van der Waals surface area contributed by atoms with Gasteiger partial charge in [0.15, 0.2) is 5.82 Å². The van der Waals surface area contributed by atoms with Crippen molar-refractivity contribution in [1.29, 1.82) is 0 Å². The van der Waals surface area contributed by atoms with Crippen LogP contribution in [0.25, 0.3) is 11.4 Å². The van der Waals surface area contributed by atoms with Gasteiger partial charge in [-0.1, -0.05) is 32.9 Å². The van der Waals surface area contributed by atoms with Gasteiger partial charge in [-0.3, -0.25) is 5.10 Å². The van der Waals surface area contributed by atoms with Gasteiger partial charge >= 0.3 is 0 Å². The van der Waals surface area contributed by atoms with E-state index in [-0.39, 0.29) is 5.41 Å². The van der Waals surface area contributed by atoms with Crippen molar-refractivity contribution in [3.8, 4) is 11.4 Å². The molecule has 0 radical (unpaired) electrons. The van der Waals surface area contributed by atoms with E-state index >= 15 is 0 Å². The van der Waals surface area contributed by atoms with Crippen molar-refractivity contribution in [2.24, 2.45) is 5.41 Å². The van der Waals surface area contributed by atoms with Gasteiger partial charge in [0.2, 0.25) is 17.8 Å². The first-order chi connectivity index (χ1) is 15.3. The molecule has 0 saturated carbocycles. The maximum atomic E-state index is 4.72. The molecule has 3 aromatic rings. The predicted molar refractivity (Wildman–Crippen MR) is 127 cm³/mol. The van der Waals surface area contributed by atoms with Gasteiger partial charge in [0.1, 0.15) is 6.33 Å². The maximum absolute atomic E-state index is 4.72. The summed E-state index contributed by atoms with van der Waals surface area (Å²) in [6.07, 6.45) is 2.54. The highest BCUT2D eigenvalue weighted by molar-refractivity contribution is 5.68. The number of H-pyrrole nitrogens is 1. The highest BCUT2D eigenvalue weighted by atomic mass is 15.3. The number of nitrogens with one attached hydrogen (secondary N) is 4. The smallest absolute Gasteiger partial charge is 0.233 e. The molecule has 10 nitrogen and oxygen atoms in total. The summed E-state index contributed by atoms with van der Waals surface area (Å²) < 4.78 is 0. The van der Waals surface area contributed by atoms with Gasteiger partial charge in [-0.15, -0.1) is 0 Å². The number of hydrogen-bond donors (Lipinski definition) is 4. The minimum absolute atomic E-state index is 0.111. The van der Waals surface area contributed by atoms with Gasteiger partial charge in [-0.25, -0.2) is 4.98 Å². The molecule has 1 aliphatic rings. The van der Waals surface area contributed by atoms with Crippen LogP contribution in [0.1, 0.15) is 32.8 Å². The van der Waals surface area contributed by atoms with Crippen molar-refractivity contribution in [3.05, 3.63) is 30.1 Å². The molecule has 0 amide bonds. The zero-order chi connectivity index (χ0) is 22.7. The molecule has 0 unspecified atom stereocenters. The van der Waals surface area contributed by atoms with E-state index < -0.39 is 0 Å². The fraction of sp³-hybridized carbons (Fsp3) is 0.500.